The van der Waals surface area contributed by atoms with Gasteiger partial charge in [-0.2, -0.15) is 5.10 Å². The number of nitrogens with zero attached hydrogens (tertiary/aromatic N) is 2. The quantitative estimate of drug-likeness (QED) is 0.215. The molecule has 0 spiro atoms. The molecule has 0 bridgehead atoms. The molecule has 0 saturated heterocycles. The molecule has 3 aromatic carbocycles. The molecule has 1 aromatic heterocycles. The molecule has 32 heavy (non-hydrogen) atoms. The molecule has 0 aliphatic carbocycles. The summed E-state index contributed by atoms with van der Waals surface area (Å²) in [4.78, 5) is 12.7. The van der Waals surface area contributed by atoms with Crippen molar-refractivity contribution in [2.24, 2.45) is 5.10 Å². The molecule has 0 aliphatic rings. The molecule has 1 heterocycles. The number of aromatic nitrogens is 1. The third-order valence-corrected chi connectivity index (χ3v) is 5.84. The van der Waals surface area contributed by atoms with E-state index < -0.39 is 0 Å². The molecule has 0 atom stereocenters. The maximum atomic E-state index is 12.7. The van der Waals surface area contributed by atoms with Crippen LogP contribution in [0, 0.1) is 0 Å². The molecule has 0 radical (unpaired) electrons. The first-order chi connectivity index (χ1) is 15.6. The van der Waals surface area contributed by atoms with Crippen LogP contribution in [0.25, 0.3) is 5.69 Å². The Morgan fingerprint density at radius 2 is 1.59 bits per heavy atom. The van der Waals surface area contributed by atoms with E-state index in [-0.39, 0.29) is 5.91 Å². The third-order valence-electron chi connectivity index (χ3n) is 4.66. The number of amides is 1. The summed E-state index contributed by atoms with van der Waals surface area (Å²) in [5.74, 6) is 0.419. The van der Waals surface area contributed by atoms with Gasteiger partial charge in [-0.15, -0.1) is 0 Å². The summed E-state index contributed by atoms with van der Waals surface area (Å²) in [5, 5.41) is 4.13. The fourth-order valence-electron chi connectivity index (χ4n) is 3.13. The zero-order valence-corrected chi connectivity index (χ0v) is 20.1. The van der Waals surface area contributed by atoms with Gasteiger partial charge in [0.15, 0.2) is 0 Å². The molecular formula is C25H19Br2N3O2. The predicted molar refractivity (Wildman–Crippen MR) is 133 cm³/mol. The lowest BCUT2D eigenvalue weighted by molar-refractivity contribution is 0.0955. The smallest absolute Gasteiger partial charge is 0.273 e. The Morgan fingerprint density at radius 3 is 2.31 bits per heavy atom. The number of hydrogen-bond donors (Lipinski definition) is 1. The number of para-hydroxylation sites is 1. The van der Waals surface area contributed by atoms with E-state index in [0.29, 0.717) is 17.9 Å². The number of ether oxygens (including phenoxy) is 1. The van der Waals surface area contributed by atoms with Gasteiger partial charge in [0.25, 0.3) is 5.91 Å². The van der Waals surface area contributed by atoms with Crippen molar-refractivity contribution in [3.63, 3.8) is 0 Å². The van der Waals surface area contributed by atoms with E-state index in [4.69, 9.17) is 4.74 Å². The van der Waals surface area contributed by atoms with Crippen LogP contribution < -0.4 is 10.2 Å². The Morgan fingerprint density at radius 1 is 0.938 bits per heavy atom. The molecule has 7 heteroatoms. The standard InChI is InChI=1S/C25H19Br2N3O2/c26-21-14-19(15-22(27)24(21)32-17-18-8-2-1-3-9-18)16-28-29-25(31)20-10-4-5-11-23(20)30-12-6-7-13-30/h1-16H,17H2,(H,29,31)/b28-16-. The van der Waals surface area contributed by atoms with E-state index in [1.807, 2.05) is 89.8 Å². The number of nitrogens with one attached hydrogen (secondary N) is 1. The first-order valence-corrected chi connectivity index (χ1v) is 11.4. The summed E-state index contributed by atoms with van der Waals surface area (Å²) in [6.45, 7) is 0.461. The number of carbonyl (C=O) groups excluding carboxylic acids is 1. The van der Waals surface area contributed by atoms with E-state index in [9.17, 15) is 4.79 Å². The number of carbonyl (C=O) groups is 1. The van der Waals surface area contributed by atoms with Crippen LogP contribution in [0.1, 0.15) is 21.5 Å². The molecule has 0 fully saturated rings. The fourth-order valence-corrected chi connectivity index (χ4v) is 4.58. The minimum Gasteiger partial charge on any atom is -0.487 e. The Balaban J connectivity index is 1.44. The van der Waals surface area contributed by atoms with Gasteiger partial charge in [0, 0.05) is 12.4 Å². The molecular weight excluding hydrogens is 534 g/mol. The zero-order valence-electron chi connectivity index (χ0n) is 16.9. The fraction of sp³-hybridized carbons (Fsp3) is 0.0400. The van der Waals surface area contributed by atoms with Gasteiger partial charge in [0.05, 0.1) is 26.4 Å². The average molecular weight is 553 g/mol. The van der Waals surface area contributed by atoms with Crippen LogP contribution >= 0.6 is 31.9 Å². The first kappa shape index (κ1) is 22.0. The molecule has 5 nitrogen and oxygen atoms in total. The average Bonchev–Trinajstić information content (AvgIpc) is 3.34. The highest BCUT2D eigenvalue weighted by molar-refractivity contribution is 9.11. The molecule has 0 unspecified atom stereocenters. The highest BCUT2D eigenvalue weighted by Crippen LogP contribution is 2.35. The van der Waals surface area contributed by atoms with Crippen molar-refractivity contribution in [3.05, 3.63) is 117 Å². The number of hydrazone groups is 1. The van der Waals surface area contributed by atoms with E-state index in [1.165, 1.54) is 0 Å². The Bertz CT molecular complexity index is 1220. The molecule has 0 saturated carbocycles. The van der Waals surface area contributed by atoms with E-state index in [0.717, 1.165) is 25.8 Å². The summed E-state index contributed by atoms with van der Waals surface area (Å²) in [5.41, 5.74) is 5.81. The van der Waals surface area contributed by atoms with Crippen molar-refractivity contribution in [1.29, 1.82) is 0 Å². The molecule has 1 N–H and O–H groups in total. The normalized spacial score (nSPS) is 10.9. The van der Waals surface area contributed by atoms with Gasteiger partial charge in [0.2, 0.25) is 0 Å². The van der Waals surface area contributed by atoms with Crippen LogP contribution in [0.3, 0.4) is 0 Å². The van der Waals surface area contributed by atoms with Crippen molar-refractivity contribution in [2.45, 2.75) is 6.61 Å². The summed E-state index contributed by atoms with van der Waals surface area (Å²) in [7, 11) is 0. The second kappa shape index (κ2) is 10.4. The zero-order chi connectivity index (χ0) is 22.3. The minimum absolute atomic E-state index is 0.286. The Hall–Kier alpha value is -3.16. The third kappa shape index (κ3) is 5.36. The van der Waals surface area contributed by atoms with Crippen molar-refractivity contribution in [1.82, 2.24) is 9.99 Å². The second-order valence-electron chi connectivity index (χ2n) is 6.89. The molecule has 4 aromatic rings. The highest BCUT2D eigenvalue weighted by atomic mass is 79.9. The lowest BCUT2D eigenvalue weighted by Crippen LogP contribution is -2.19. The second-order valence-corrected chi connectivity index (χ2v) is 8.60. The van der Waals surface area contributed by atoms with Gasteiger partial charge >= 0.3 is 0 Å². The van der Waals surface area contributed by atoms with Crippen LogP contribution in [-0.2, 0) is 6.61 Å². The van der Waals surface area contributed by atoms with Gasteiger partial charge in [-0.25, -0.2) is 5.43 Å². The lowest BCUT2D eigenvalue weighted by Gasteiger charge is -2.11. The maximum absolute atomic E-state index is 12.7. The van der Waals surface area contributed by atoms with Gasteiger partial charge in [0.1, 0.15) is 12.4 Å². The number of benzene rings is 3. The molecule has 0 aliphatic heterocycles. The van der Waals surface area contributed by atoms with Crippen LogP contribution in [0.2, 0.25) is 0 Å². The van der Waals surface area contributed by atoms with Crippen molar-refractivity contribution < 1.29 is 9.53 Å². The summed E-state index contributed by atoms with van der Waals surface area (Å²) in [6, 6.07) is 24.9. The highest BCUT2D eigenvalue weighted by Gasteiger charge is 2.12. The van der Waals surface area contributed by atoms with E-state index in [2.05, 4.69) is 42.4 Å². The summed E-state index contributed by atoms with van der Waals surface area (Å²) in [6.07, 6.45) is 5.38. The molecule has 160 valence electrons. The van der Waals surface area contributed by atoms with Crippen LogP contribution in [0.5, 0.6) is 5.75 Å². The minimum atomic E-state index is -0.286. The first-order valence-electron chi connectivity index (χ1n) is 9.83. The Kier molecular flexibility index (Phi) is 7.19. The molecule has 4 rings (SSSR count). The molecule has 1 amide bonds. The summed E-state index contributed by atoms with van der Waals surface area (Å²) < 4.78 is 9.41. The van der Waals surface area contributed by atoms with Crippen LogP contribution in [0.4, 0.5) is 0 Å². The van der Waals surface area contributed by atoms with E-state index >= 15 is 0 Å². The number of rotatable bonds is 7. The summed E-state index contributed by atoms with van der Waals surface area (Å²) >= 11 is 7.11. The number of hydrogen-bond acceptors (Lipinski definition) is 3. The van der Waals surface area contributed by atoms with Gasteiger partial charge in [-0.3, -0.25) is 4.79 Å². The Labute approximate surface area is 203 Å². The number of halogens is 2. The van der Waals surface area contributed by atoms with Crippen LogP contribution in [0.15, 0.2) is 105 Å². The van der Waals surface area contributed by atoms with Gasteiger partial charge < -0.3 is 9.30 Å². The van der Waals surface area contributed by atoms with Crippen LogP contribution in [-0.4, -0.2) is 16.7 Å². The van der Waals surface area contributed by atoms with E-state index in [1.54, 1.807) is 12.3 Å². The van der Waals surface area contributed by atoms with Gasteiger partial charge in [-0.05, 0) is 79.4 Å². The van der Waals surface area contributed by atoms with Crippen molar-refractivity contribution in [3.8, 4) is 11.4 Å². The predicted octanol–water partition coefficient (Wildman–Crippen LogP) is 6.35. The largest absolute Gasteiger partial charge is 0.487 e. The lowest BCUT2D eigenvalue weighted by atomic mass is 10.1. The maximum Gasteiger partial charge on any atom is 0.273 e. The topological polar surface area (TPSA) is 55.6 Å². The van der Waals surface area contributed by atoms with Crippen molar-refractivity contribution >= 4 is 44.0 Å². The monoisotopic (exact) mass is 551 g/mol. The van der Waals surface area contributed by atoms with Gasteiger partial charge in [-0.1, -0.05) is 42.5 Å². The SMILES string of the molecule is O=C(N/N=C\c1cc(Br)c(OCc2ccccc2)c(Br)c1)c1ccccc1-n1cccc1. The van der Waals surface area contributed by atoms with Crippen molar-refractivity contribution in [2.75, 3.05) is 0 Å².